The number of aromatic nitrogens is 3. The van der Waals surface area contributed by atoms with E-state index in [0.717, 1.165) is 29.8 Å². The second-order valence-electron chi connectivity index (χ2n) is 5.78. The van der Waals surface area contributed by atoms with Crippen molar-refractivity contribution in [3.05, 3.63) is 55.8 Å². The quantitative estimate of drug-likeness (QED) is 0.720. The van der Waals surface area contributed by atoms with Gasteiger partial charge in [0.1, 0.15) is 0 Å². The number of nitrogens with one attached hydrogen (secondary N) is 2. The molecular formula is C17H20N4O2S. The minimum absolute atomic E-state index is 0.0338. The van der Waals surface area contributed by atoms with Gasteiger partial charge >= 0.3 is 0 Å². The Morgan fingerprint density at radius 1 is 1.42 bits per heavy atom. The molecule has 0 unspecified atom stereocenters. The van der Waals surface area contributed by atoms with Gasteiger partial charge < -0.3 is 5.32 Å². The van der Waals surface area contributed by atoms with Gasteiger partial charge in [0.2, 0.25) is 5.91 Å². The van der Waals surface area contributed by atoms with E-state index >= 15 is 0 Å². The van der Waals surface area contributed by atoms with Crippen LogP contribution in [0.2, 0.25) is 0 Å². The van der Waals surface area contributed by atoms with Crippen LogP contribution in [-0.2, 0) is 17.8 Å². The predicted octanol–water partition coefficient (Wildman–Crippen LogP) is 2.34. The van der Waals surface area contributed by atoms with E-state index in [9.17, 15) is 9.59 Å². The summed E-state index contributed by atoms with van der Waals surface area (Å²) in [6.07, 6.45) is 2.28. The largest absolute Gasteiger partial charge is 0.352 e. The highest BCUT2D eigenvalue weighted by Crippen LogP contribution is 2.14. The molecule has 3 heterocycles. The van der Waals surface area contributed by atoms with E-state index in [2.05, 4.69) is 26.8 Å². The van der Waals surface area contributed by atoms with Gasteiger partial charge in [-0.25, -0.2) is 9.50 Å². The van der Waals surface area contributed by atoms with Gasteiger partial charge in [-0.2, -0.15) is 0 Å². The second-order valence-corrected chi connectivity index (χ2v) is 6.82. The maximum absolute atomic E-state index is 12.0. The molecule has 2 N–H and O–H groups in total. The van der Waals surface area contributed by atoms with Crippen molar-refractivity contribution in [3.63, 3.8) is 0 Å². The van der Waals surface area contributed by atoms with Gasteiger partial charge in [-0.3, -0.25) is 14.7 Å². The maximum Gasteiger partial charge on any atom is 0.266 e. The molecule has 0 aliphatic heterocycles. The van der Waals surface area contributed by atoms with E-state index in [1.165, 1.54) is 10.9 Å². The van der Waals surface area contributed by atoms with Gasteiger partial charge in [-0.1, -0.05) is 6.07 Å². The Kier molecular flexibility index (Phi) is 4.80. The maximum atomic E-state index is 12.0. The highest BCUT2D eigenvalue weighted by Gasteiger charge is 2.11. The summed E-state index contributed by atoms with van der Waals surface area (Å²) in [6.45, 7) is 4.22. The Morgan fingerprint density at radius 3 is 3.00 bits per heavy atom. The van der Waals surface area contributed by atoms with Crippen LogP contribution in [0.4, 0.5) is 0 Å². The van der Waals surface area contributed by atoms with Crippen LogP contribution in [0.3, 0.4) is 0 Å². The molecule has 0 aromatic carbocycles. The number of nitrogens with zero attached hydrogens (tertiary/aromatic N) is 2. The number of hydrogen-bond acceptors (Lipinski definition) is 4. The molecule has 0 atom stereocenters. The summed E-state index contributed by atoms with van der Waals surface area (Å²) < 4.78 is 1.66. The number of rotatable bonds is 6. The third kappa shape index (κ3) is 3.56. The lowest BCUT2D eigenvalue weighted by Crippen LogP contribution is -2.24. The topological polar surface area (TPSA) is 79.3 Å². The fourth-order valence-corrected chi connectivity index (χ4v) is 3.52. The number of fused-ring (bicyclic) bond motifs is 1. The smallest absolute Gasteiger partial charge is 0.266 e. The van der Waals surface area contributed by atoms with Crippen LogP contribution in [0.1, 0.15) is 34.7 Å². The predicted molar refractivity (Wildman–Crippen MR) is 94.4 cm³/mol. The zero-order valence-electron chi connectivity index (χ0n) is 13.8. The van der Waals surface area contributed by atoms with Crippen molar-refractivity contribution in [2.45, 2.75) is 39.7 Å². The van der Waals surface area contributed by atoms with Gasteiger partial charge in [0.05, 0.1) is 0 Å². The SMILES string of the molecule is Cc1nc2cc(=O)[nH]n2c(C)c1CNC(=O)CCCc1cccs1. The van der Waals surface area contributed by atoms with Gasteiger partial charge in [0.25, 0.3) is 5.56 Å². The van der Waals surface area contributed by atoms with Gasteiger partial charge in [-0.05, 0) is 38.1 Å². The zero-order valence-corrected chi connectivity index (χ0v) is 14.6. The normalized spacial score (nSPS) is 11.1. The van der Waals surface area contributed by atoms with E-state index in [4.69, 9.17) is 0 Å². The molecule has 126 valence electrons. The second kappa shape index (κ2) is 7.00. The molecule has 0 saturated carbocycles. The van der Waals surface area contributed by atoms with E-state index in [1.54, 1.807) is 15.9 Å². The van der Waals surface area contributed by atoms with Crippen LogP contribution in [0.25, 0.3) is 5.65 Å². The van der Waals surface area contributed by atoms with Crippen LogP contribution in [-0.4, -0.2) is 20.5 Å². The highest BCUT2D eigenvalue weighted by molar-refractivity contribution is 7.09. The Hall–Kier alpha value is -2.41. The number of H-pyrrole nitrogens is 1. The van der Waals surface area contributed by atoms with Gasteiger partial charge in [0.15, 0.2) is 5.65 Å². The Bertz CT molecular complexity index is 909. The van der Waals surface area contributed by atoms with Gasteiger partial charge in [0, 0.05) is 40.9 Å². The summed E-state index contributed by atoms with van der Waals surface area (Å²) in [6, 6.07) is 5.58. The third-order valence-corrected chi connectivity index (χ3v) is 5.01. The van der Waals surface area contributed by atoms with Crippen molar-refractivity contribution in [3.8, 4) is 0 Å². The molecule has 24 heavy (non-hydrogen) atoms. The van der Waals surface area contributed by atoms with Crippen molar-refractivity contribution < 1.29 is 4.79 Å². The molecule has 3 aromatic rings. The minimum atomic E-state index is -0.181. The minimum Gasteiger partial charge on any atom is -0.352 e. The van der Waals surface area contributed by atoms with Crippen LogP contribution in [0, 0.1) is 13.8 Å². The molecule has 0 saturated heterocycles. The molecule has 0 bridgehead atoms. The molecule has 3 rings (SSSR count). The monoisotopic (exact) mass is 344 g/mol. The first-order valence-electron chi connectivity index (χ1n) is 7.91. The number of aromatic amines is 1. The molecule has 0 radical (unpaired) electrons. The summed E-state index contributed by atoms with van der Waals surface area (Å²) in [5.74, 6) is 0.0338. The average Bonchev–Trinajstić information content (AvgIpc) is 3.16. The molecule has 0 spiro atoms. The fourth-order valence-electron chi connectivity index (χ4n) is 2.76. The lowest BCUT2D eigenvalue weighted by atomic mass is 10.1. The first-order chi connectivity index (χ1) is 11.5. The van der Waals surface area contributed by atoms with Crippen LogP contribution >= 0.6 is 11.3 Å². The summed E-state index contributed by atoms with van der Waals surface area (Å²) in [4.78, 5) is 29.2. The first kappa shape index (κ1) is 16.4. The molecule has 6 nitrogen and oxygen atoms in total. The number of amides is 1. The molecule has 0 aliphatic carbocycles. The van der Waals surface area contributed by atoms with Gasteiger partial charge in [-0.15, -0.1) is 11.3 Å². The number of thiophene rings is 1. The van der Waals surface area contributed by atoms with Crippen molar-refractivity contribution in [1.29, 1.82) is 0 Å². The Morgan fingerprint density at radius 2 is 2.25 bits per heavy atom. The third-order valence-electron chi connectivity index (χ3n) is 4.07. The molecule has 7 heteroatoms. The zero-order chi connectivity index (χ0) is 17.1. The summed E-state index contributed by atoms with van der Waals surface area (Å²) in [5, 5.41) is 7.72. The van der Waals surface area contributed by atoms with Crippen LogP contribution < -0.4 is 10.9 Å². The molecule has 0 fully saturated rings. The summed E-state index contributed by atoms with van der Waals surface area (Å²) in [7, 11) is 0. The lowest BCUT2D eigenvalue weighted by Gasteiger charge is -2.12. The number of aryl methyl sites for hydroxylation is 3. The number of carbonyl (C=O) groups excluding carboxylic acids is 1. The van der Waals surface area contributed by atoms with Crippen molar-refractivity contribution in [1.82, 2.24) is 19.9 Å². The molecule has 1 amide bonds. The molecule has 3 aromatic heterocycles. The standard InChI is InChI=1S/C17H20N4O2S/c1-11-14(12(2)21-15(19-11)9-17(23)20-21)10-18-16(22)7-3-5-13-6-4-8-24-13/h4,6,8-9H,3,5,7,10H2,1-2H3,(H,18,22)(H,20,23). The van der Waals surface area contributed by atoms with Crippen molar-refractivity contribution in [2.24, 2.45) is 0 Å². The lowest BCUT2D eigenvalue weighted by molar-refractivity contribution is -0.121. The average molecular weight is 344 g/mol. The number of hydrogen-bond donors (Lipinski definition) is 2. The molecule has 0 aliphatic rings. The first-order valence-corrected chi connectivity index (χ1v) is 8.79. The molecular weight excluding hydrogens is 324 g/mol. The van der Waals surface area contributed by atoms with E-state index in [0.29, 0.717) is 18.6 Å². The summed E-state index contributed by atoms with van der Waals surface area (Å²) in [5.41, 5.74) is 3.06. The van der Waals surface area contributed by atoms with Crippen LogP contribution in [0.5, 0.6) is 0 Å². The highest BCUT2D eigenvalue weighted by atomic mass is 32.1. The van der Waals surface area contributed by atoms with Crippen LogP contribution in [0.15, 0.2) is 28.4 Å². The Balaban J connectivity index is 1.60. The van der Waals surface area contributed by atoms with E-state index in [1.807, 2.05) is 19.9 Å². The summed E-state index contributed by atoms with van der Waals surface area (Å²) >= 11 is 1.72. The van der Waals surface area contributed by atoms with Crippen molar-refractivity contribution in [2.75, 3.05) is 0 Å². The van der Waals surface area contributed by atoms with E-state index < -0.39 is 0 Å². The van der Waals surface area contributed by atoms with Crippen molar-refractivity contribution >= 4 is 22.9 Å². The van der Waals surface area contributed by atoms with E-state index in [-0.39, 0.29) is 11.5 Å². The Labute approximate surface area is 143 Å². The fraction of sp³-hybridized carbons (Fsp3) is 0.353. The number of carbonyl (C=O) groups is 1.